The number of hydrogen-bond donors (Lipinski definition) is 0. The Hall–Kier alpha value is -3.94. The van der Waals surface area contributed by atoms with Crippen molar-refractivity contribution >= 4 is 16.9 Å². The maximum absolute atomic E-state index is 13.8. The Bertz CT molecular complexity index is 1550. The van der Waals surface area contributed by atoms with Crippen molar-refractivity contribution in [2.75, 3.05) is 0 Å². The van der Waals surface area contributed by atoms with Gasteiger partial charge in [0.2, 0.25) is 0 Å². The predicted octanol–water partition coefficient (Wildman–Crippen LogP) is 8.33. The van der Waals surface area contributed by atoms with Crippen molar-refractivity contribution in [3.63, 3.8) is 0 Å². The fourth-order valence-corrected chi connectivity index (χ4v) is 6.34. The first-order valence-electron chi connectivity index (χ1n) is 15.0. The summed E-state index contributed by atoms with van der Waals surface area (Å²) >= 11 is 0. The Morgan fingerprint density at radius 3 is 2.40 bits per heavy atom. The molecule has 6 rings (SSSR count). The van der Waals surface area contributed by atoms with E-state index in [9.17, 15) is 9.18 Å². The summed E-state index contributed by atoms with van der Waals surface area (Å²) in [6, 6.07) is 29.0. The molecule has 4 atom stereocenters. The van der Waals surface area contributed by atoms with Crippen LogP contribution in [0.4, 0.5) is 9.18 Å². The van der Waals surface area contributed by atoms with Gasteiger partial charge in [-0.3, -0.25) is 0 Å². The molecule has 2 fully saturated rings. The molecule has 2 saturated heterocycles. The fourth-order valence-electron chi connectivity index (χ4n) is 6.34. The highest BCUT2D eigenvalue weighted by Crippen LogP contribution is 2.45. The van der Waals surface area contributed by atoms with Crippen LogP contribution in [0, 0.1) is 5.82 Å². The maximum atomic E-state index is 13.8. The Labute approximate surface area is 252 Å². The number of nitrogens with zero attached hydrogens (tertiary/aromatic N) is 1. The number of rotatable bonds is 8. The second-order valence-electron chi connectivity index (χ2n) is 12.5. The Kier molecular flexibility index (Phi) is 8.37. The monoisotopic (exact) mass is 583 g/mol. The van der Waals surface area contributed by atoms with Gasteiger partial charge in [-0.15, -0.1) is 5.06 Å². The maximum Gasteiger partial charge on any atom is 0.528 e. The molecule has 2 aliphatic heterocycles. The molecule has 0 spiro atoms. The minimum atomic E-state index is -0.710. The number of benzene rings is 4. The lowest BCUT2D eigenvalue weighted by Gasteiger charge is -2.43. The second kappa shape index (κ2) is 12.3. The number of carbonyl (C=O) groups excluding carboxylic acids is 1. The molecule has 4 aromatic rings. The van der Waals surface area contributed by atoms with Crippen molar-refractivity contribution < 1.29 is 28.2 Å². The van der Waals surface area contributed by atoms with Crippen LogP contribution in [0.2, 0.25) is 0 Å². The van der Waals surface area contributed by atoms with E-state index in [0.29, 0.717) is 13.2 Å². The van der Waals surface area contributed by atoms with Gasteiger partial charge in [-0.05, 0) is 86.4 Å². The normalized spacial score (nSPS) is 22.0. The van der Waals surface area contributed by atoms with Crippen LogP contribution < -0.4 is 4.74 Å². The van der Waals surface area contributed by atoms with Crippen molar-refractivity contribution in [2.45, 2.75) is 83.0 Å². The summed E-state index contributed by atoms with van der Waals surface area (Å²) in [7, 11) is 0. The number of carbonyl (C=O) groups is 1. The predicted molar refractivity (Wildman–Crippen MR) is 163 cm³/mol. The van der Waals surface area contributed by atoms with Gasteiger partial charge in [0.05, 0.1) is 18.8 Å². The number of piperidine rings is 1. The zero-order chi connectivity index (χ0) is 30.0. The van der Waals surface area contributed by atoms with Gasteiger partial charge in [0, 0.05) is 17.3 Å². The van der Waals surface area contributed by atoms with Gasteiger partial charge in [-0.1, -0.05) is 66.7 Å². The van der Waals surface area contributed by atoms with Gasteiger partial charge in [0.1, 0.15) is 23.8 Å². The number of fused-ring (bicyclic) bond motifs is 3. The summed E-state index contributed by atoms with van der Waals surface area (Å²) in [6.07, 6.45) is 1.42. The quantitative estimate of drug-likeness (QED) is 0.194. The Morgan fingerprint density at radius 2 is 1.63 bits per heavy atom. The standard InChI is InChI=1S/C36H38FNO5/c1-36(2,3)42-35(39)43-38-29-17-18-32(38)34(31(21-29)26-13-15-28(37)16-14-26)41-23-25-19-27-11-7-8-12-30(27)33(20-25)40-22-24-9-5-4-6-10-24/h4-16,19-20,29,31-32,34H,17-18,21-23H2,1-3H3. The summed E-state index contributed by atoms with van der Waals surface area (Å²) in [5.74, 6) is 0.551. The van der Waals surface area contributed by atoms with Gasteiger partial charge in [0.15, 0.2) is 0 Å². The first-order chi connectivity index (χ1) is 20.7. The zero-order valence-corrected chi connectivity index (χ0v) is 24.9. The molecule has 0 N–H and O–H groups in total. The summed E-state index contributed by atoms with van der Waals surface area (Å²) < 4.78 is 32.4. The summed E-state index contributed by atoms with van der Waals surface area (Å²) in [4.78, 5) is 18.5. The molecule has 4 unspecified atom stereocenters. The third-order valence-electron chi connectivity index (χ3n) is 8.22. The lowest BCUT2D eigenvalue weighted by molar-refractivity contribution is -0.215. The molecule has 0 saturated carbocycles. The summed E-state index contributed by atoms with van der Waals surface area (Å²) in [5.41, 5.74) is 2.44. The van der Waals surface area contributed by atoms with Crippen molar-refractivity contribution in [1.29, 1.82) is 0 Å². The molecule has 43 heavy (non-hydrogen) atoms. The van der Waals surface area contributed by atoms with Crippen LogP contribution in [0.3, 0.4) is 0 Å². The molecule has 0 amide bonds. The SMILES string of the molecule is CC(C)(C)OC(=O)ON1C2CCC1C(OCc1cc(OCc3ccccc3)c3ccccc3c1)C(c1ccc(F)cc1)C2. The van der Waals surface area contributed by atoms with Gasteiger partial charge in [-0.25, -0.2) is 9.18 Å². The number of hydroxylamine groups is 2. The van der Waals surface area contributed by atoms with Crippen LogP contribution in [0.15, 0.2) is 91.0 Å². The van der Waals surface area contributed by atoms with E-state index >= 15 is 0 Å². The third kappa shape index (κ3) is 6.84. The van der Waals surface area contributed by atoms with Crippen molar-refractivity contribution in [2.24, 2.45) is 0 Å². The first-order valence-corrected chi connectivity index (χ1v) is 15.0. The first kappa shape index (κ1) is 29.1. The lowest BCUT2D eigenvalue weighted by Crippen LogP contribution is -2.52. The van der Waals surface area contributed by atoms with Gasteiger partial charge in [0.25, 0.3) is 0 Å². The summed E-state index contributed by atoms with van der Waals surface area (Å²) in [6.45, 7) is 6.26. The van der Waals surface area contributed by atoms with Crippen LogP contribution in [0.25, 0.3) is 10.8 Å². The zero-order valence-electron chi connectivity index (χ0n) is 24.9. The molecule has 0 aromatic heterocycles. The highest BCUT2D eigenvalue weighted by Gasteiger charge is 2.51. The topological polar surface area (TPSA) is 57.2 Å². The number of halogens is 1. The van der Waals surface area contributed by atoms with Crippen LogP contribution in [-0.4, -0.2) is 35.0 Å². The molecule has 2 aliphatic rings. The lowest BCUT2D eigenvalue weighted by atomic mass is 9.83. The molecule has 224 valence electrons. The van der Waals surface area contributed by atoms with E-state index in [1.165, 1.54) is 12.1 Å². The van der Waals surface area contributed by atoms with E-state index < -0.39 is 11.8 Å². The average Bonchev–Trinajstić information content (AvgIpc) is 3.25. The second-order valence-corrected chi connectivity index (χ2v) is 12.5. The largest absolute Gasteiger partial charge is 0.528 e. The Morgan fingerprint density at radius 1 is 0.884 bits per heavy atom. The molecule has 2 heterocycles. The average molecular weight is 584 g/mol. The molecule has 7 heteroatoms. The van der Waals surface area contributed by atoms with Gasteiger partial charge >= 0.3 is 6.16 Å². The molecular formula is C36H38FNO5. The van der Waals surface area contributed by atoms with E-state index in [2.05, 4.69) is 18.2 Å². The van der Waals surface area contributed by atoms with E-state index in [1.807, 2.05) is 81.4 Å². The van der Waals surface area contributed by atoms with Crippen molar-refractivity contribution in [3.05, 3.63) is 114 Å². The molecule has 0 aliphatic carbocycles. The third-order valence-corrected chi connectivity index (χ3v) is 8.22. The van der Waals surface area contributed by atoms with E-state index in [4.69, 9.17) is 19.0 Å². The minimum Gasteiger partial charge on any atom is -0.488 e. The van der Waals surface area contributed by atoms with Gasteiger partial charge in [-0.2, -0.15) is 0 Å². The van der Waals surface area contributed by atoms with E-state index in [1.54, 1.807) is 5.06 Å². The van der Waals surface area contributed by atoms with Crippen molar-refractivity contribution in [3.8, 4) is 5.75 Å². The number of ether oxygens (including phenoxy) is 3. The van der Waals surface area contributed by atoms with Crippen LogP contribution in [-0.2, 0) is 27.5 Å². The molecular weight excluding hydrogens is 545 g/mol. The molecule has 2 bridgehead atoms. The number of hydrogen-bond acceptors (Lipinski definition) is 6. The molecule has 0 radical (unpaired) electrons. The Balaban J connectivity index is 1.25. The molecule has 6 nitrogen and oxygen atoms in total. The smallest absolute Gasteiger partial charge is 0.488 e. The van der Waals surface area contributed by atoms with Gasteiger partial charge < -0.3 is 19.0 Å². The highest BCUT2D eigenvalue weighted by atomic mass is 19.1. The fraction of sp³-hybridized carbons (Fsp3) is 0.361. The van der Waals surface area contributed by atoms with E-state index in [-0.39, 0.29) is 29.9 Å². The van der Waals surface area contributed by atoms with Crippen LogP contribution >= 0.6 is 0 Å². The summed E-state index contributed by atoms with van der Waals surface area (Å²) in [5, 5.41) is 3.90. The minimum absolute atomic E-state index is 0.0193. The molecule has 4 aromatic carbocycles. The van der Waals surface area contributed by atoms with E-state index in [0.717, 1.165) is 52.5 Å². The van der Waals surface area contributed by atoms with Crippen molar-refractivity contribution in [1.82, 2.24) is 5.06 Å². The van der Waals surface area contributed by atoms with Crippen LogP contribution in [0.1, 0.15) is 62.6 Å². The highest BCUT2D eigenvalue weighted by molar-refractivity contribution is 5.89. The van der Waals surface area contributed by atoms with Crippen LogP contribution in [0.5, 0.6) is 5.75 Å².